The van der Waals surface area contributed by atoms with Crippen molar-refractivity contribution < 1.29 is 0 Å². The first-order valence-electron chi connectivity index (χ1n) is 6.05. The summed E-state index contributed by atoms with van der Waals surface area (Å²) in [5.74, 6) is 0. The fourth-order valence-corrected chi connectivity index (χ4v) is 2.63. The molecule has 0 saturated heterocycles. The molecule has 1 N–H and O–H groups in total. The molecule has 100 valence electrons. The molecule has 0 saturated carbocycles. The van der Waals surface area contributed by atoms with E-state index in [1.165, 1.54) is 0 Å². The third-order valence-electron chi connectivity index (χ3n) is 3.00. The normalized spacial score (nSPS) is 14.1. The van der Waals surface area contributed by atoms with Crippen LogP contribution in [0.15, 0.2) is 47.5 Å². The molecule has 2 aromatic rings. The lowest BCUT2D eigenvalue weighted by molar-refractivity contribution is 1.46. The van der Waals surface area contributed by atoms with Gasteiger partial charge >= 0.3 is 0 Å². The molecule has 0 atom stereocenters. The van der Waals surface area contributed by atoms with Crippen LogP contribution in [0, 0.1) is 0 Å². The Morgan fingerprint density at radius 3 is 2.50 bits per heavy atom. The van der Waals surface area contributed by atoms with E-state index in [0.717, 1.165) is 22.6 Å². The standard InChI is InChI=1S/C15H10Cl2N2S/c16-10-6-13-14(7-11(10)17)19-15(20)8-12(18-13)9-4-2-1-3-5-9/h1-7H,8H2,(H,19,20). The smallest absolute Gasteiger partial charge is 0.0884 e. The second kappa shape index (κ2) is 5.52. The summed E-state index contributed by atoms with van der Waals surface area (Å²) in [4.78, 5) is 5.40. The lowest BCUT2D eigenvalue weighted by atomic mass is 10.1. The molecule has 0 spiro atoms. The maximum Gasteiger partial charge on any atom is 0.0884 e. The first-order valence-corrected chi connectivity index (χ1v) is 7.22. The van der Waals surface area contributed by atoms with Gasteiger partial charge in [0.2, 0.25) is 0 Å². The van der Waals surface area contributed by atoms with Crippen molar-refractivity contribution in [3.63, 3.8) is 0 Å². The van der Waals surface area contributed by atoms with Crippen molar-refractivity contribution in [2.24, 2.45) is 4.99 Å². The van der Waals surface area contributed by atoms with E-state index in [4.69, 9.17) is 35.4 Å². The van der Waals surface area contributed by atoms with E-state index >= 15 is 0 Å². The molecule has 1 aliphatic heterocycles. The van der Waals surface area contributed by atoms with Gasteiger partial charge in [0.1, 0.15) is 0 Å². The van der Waals surface area contributed by atoms with Gasteiger partial charge in [0.15, 0.2) is 0 Å². The highest BCUT2D eigenvalue weighted by molar-refractivity contribution is 7.80. The third-order valence-corrected chi connectivity index (χ3v) is 3.97. The number of thiocarbonyl (C=S) groups is 1. The van der Waals surface area contributed by atoms with Crippen molar-refractivity contribution >= 4 is 57.5 Å². The molecule has 0 fully saturated rings. The van der Waals surface area contributed by atoms with Crippen LogP contribution < -0.4 is 5.32 Å². The predicted octanol–water partition coefficient (Wildman–Crippen LogP) is 5.26. The molecule has 0 aliphatic carbocycles. The molecular formula is C15H10Cl2N2S. The summed E-state index contributed by atoms with van der Waals surface area (Å²) >= 11 is 17.5. The molecule has 0 bridgehead atoms. The summed E-state index contributed by atoms with van der Waals surface area (Å²) < 4.78 is 0. The van der Waals surface area contributed by atoms with Gasteiger partial charge in [-0.1, -0.05) is 65.8 Å². The Hall–Kier alpha value is -1.42. The molecule has 20 heavy (non-hydrogen) atoms. The zero-order valence-corrected chi connectivity index (χ0v) is 12.7. The van der Waals surface area contributed by atoms with Crippen LogP contribution in [0.4, 0.5) is 11.4 Å². The Labute approximate surface area is 132 Å². The van der Waals surface area contributed by atoms with E-state index in [9.17, 15) is 0 Å². The molecule has 1 heterocycles. The van der Waals surface area contributed by atoms with E-state index in [1.54, 1.807) is 12.1 Å². The molecule has 5 heteroatoms. The molecule has 0 unspecified atom stereocenters. The van der Waals surface area contributed by atoms with Gasteiger partial charge in [-0.25, -0.2) is 0 Å². The first kappa shape index (κ1) is 13.6. The Morgan fingerprint density at radius 1 is 1.05 bits per heavy atom. The Morgan fingerprint density at radius 2 is 1.75 bits per heavy atom. The number of nitrogens with zero attached hydrogens (tertiary/aromatic N) is 1. The highest BCUT2D eigenvalue weighted by Crippen LogP contribution is 2.36. The summed E-state index contributed by atoms with van der Waals surface area (Å²) in [5, 5.41) is 4.13. The van der Waals surface area contributed by atoms with Crippen LogP contribution in [0.3, 0.4) is 0 Å². The number of rotatable bonds is 1. The van der Waals surface area contributed by atoms with Crippen LogP contribution in [0.25, 0.3) is 0 Å². The number of hydrogen-bond acceptors (Lipinski definition) is 2. The summed E-state index contributed by atoms with van der Waals surface area (Å²) in [6.07, 6.45) is 0.587. The van der Waals surface area contributed by atoms with Crippen molar-refractivity contribution in [3.8, 4) is 0 Å². The number of nitrogens with one attached hydrogen (secondary N) is 1. The molecule has 3 rings (SSSR count). The second-order valence-electron chi connectivity index (χ2n) is 4.43. The van der Waals surface area contributed by atoms with Crippen LogP contribution in [-0.2, 0) is 0 Å². The van der Waals surface area contributed by atoms with Crippen molar-refractivity contribution in [2.75, 3.05) is 5.32 Å². The van der Waals surface area contributed by atoms with E-state index in [2.05, 4.69) is 10.3 Å². The fraction of sp³-hybridized carbons (Fsp3) is 0.0667. The molecule has 0 aromatic heterocycles. The van der Waals surface area contributed by atoms with Gasteiger partial charge in [-0.3, -0.25) is 4.99 Å². The number of aliphatic imine (C=N–C) groups is 1. The van der Waals surface area contributed by atoms with E-state index in [1.807, 2.05) is 30.3 Å². The summed E-state index contributed by atoms with van der Waals surface area (Å²) in [6.45, 7) is 0. The summed E-state index contributed by atoms with van der Waals surface area (Å²) in [6, 6.07) is 13.5. The number of anilines is 1. The monoisotopic (exact) mass is 320 g/mol. The Bertz CT molecular complexity index is 711. The van der Waals surface area contributed by atoms with Crippen molar-refractivity contribution in [3.05, 3.63) is 58.1 Å². The van der Waals surface area contributed by atoms with Crippen LogP contribution in [0.5, 0.6) is 0 Å². The van der Waals surface area contributed by atoms with Crippen LogP contribution in [0.1, 0.15) is 12.0 Å². The molecule has 2 aromatic carbocycles. The summed E-state index contributed by atoms with van der Waals surface area (Å²) in [5.41, 5.74) is 3.50. The van der Waals surface area contributed by atoms with Gasteiger partial charge in [-0.05, 0) is 17.7 Å². The van der Waals surface area contributed by atoms with Crippen LogP contribution in [0.2, 0.25) is 10.0 Å². The minimum absolute atomic E-state index is 0.483. The minimum Gasteiger partial charge on any atom is -0.348 e. The van der Waals surface area contributed by atoms with Crippen LogP contribution in [-0.4, -0.2) is 10.7 Å². The molecule has 0 radical (unpaired) electrons. The number of benzene rings is 2. The Kier molecular flexibility index (Phi) is 3.74. The first-order chi connectivity index (χ1) is 9.63. The van der Waals surface area contributed by atoms with Crippen molar-refractivity contribution in [1.82, 2.24) is 0 Å². The predicted molar refractivity (Wildman–Crippen MR) is 89.9 cm³/mol. The van der Waals surface area contributed by atoms with Crippen molar-refractivity contribution in [2.45, 2.75) is 6.42 Å². The van der Waals surface area contributed by atoms with Gasteiger partial charge in [0.25, 0.3) is 0 Å². The highest BCUT2D eigenvalue weighted by Gasteiger charge is 2.16. The van der Waals surface area contributed by atoms with Crippen molar-refractivity contribution in [1.29, 1.82) is 0 Å². The average molecular weight is 321 g/mol. The maximum atomic E-state index is 6.07. The van der Waals surface area contributed by atoms with E-state index in [0.29, 0.717) is 21.5 Å². The fourth-order valence-electron chi connectivity index (χ4n) is 2.06. The lowest BCUT2D eigenvalue weighted by Gasteiger charge is -2.07. The van der Waals surface area contributed by atoms with Gasteiger partial charge in [0, 0.05) is 6.42 Å². The zero-order valence-electron chi connectivity index (χ0n) is 10.4. The van der Waals surface area contributed by atoms with Crippen LogP contribution >= 0.6 is 35.4 Å². The number of fused-ring (bicyclic) bond motifs is 1. The topological polar surface area (TPSA) is 24.4 Å². The zero-order chi connectivity index (χ0) is 14.1. The summed E-state index contributed by atoms with van der Waals surface area (Å²) in [7, 11) is 0. The second-order valence-corrected chi connectivity index (χ2v) is 5.74. The minimum atomic E-state index is 0.483. The molecular weight excluding hydrogens is 311 g/mol. The van der Waals surface area contributed by atoms with Gasteiger partial charge in [-0.2, -0.15) is 0 Å². The van der Waals surface area contributed by atoms with Gasteiger partial charge < -0.3 is 5.32 Å². The molecule has 1 aliphatic rings. The maximum absolute atomic E-state index is 6.07. The SMILES string of the molecule is S=C1CC(c2ccccc2)=Nc2cc(Cl)c(Cl)cc2N1. The molecule has 0 amide bonds. The molecule has 2 nitrogen and oxygen atoms in total. The number of hydrogen-bond donors (Lipinski definition) is 1. The van der Waals surface area contributed by atoms with Gasteiger partial charge in [0.05, 0.1) is 32.1 Å². The third kappa shape index (κ3) is 2.70. The number of halogens is 2. The van der Waals surface area contributed by atoms with E-state index < -0.39 is 0 Å². The van der Waals surface area contributed by atoms with E-state index in [-0.39, 0.29) is 0 Å². The van der Waals surface area contributed by atoms with Gasteiger partial charge in [-0.15, -0.1) is 0 Å². The average Bonchev–Trinajstić information content (AvgIpc) is 2.59. The highest BCUT2D eigenvalue weighted by atomic mass is 35.5. The largest absolute Gasteiger partial charge is 0.348 e. The quantitative estimate of drug-likeness (QED) is 0.725. The Balaban J connectivity index is 2.14. The lowest BCUT2D eigenvalue weighted by Crippen LogP contribution is -2.12.